The summed E-state index contributed by atoms with van der Waals surface area (Å²) in [6.07, 6.45) is 11.8. The highest BCUT2D eigenvalue weighted by Gasteiger charge is 2.22. The fraction of sp³-hybridized carbons (Fsp3) is 0.762. The Bertz CT molecular complexity index is 574. The fourth-order valence-corrected chi connectivity index (χ4v) is 3.01. The first-order valence-electron chi connectivity index (χ1n) is 10.7. The molecule has 0 bridgehead atoms. The number of aliphatic hydroxyl groups excluding tert-OH is 1. The highest BCUT2D eigenvalue weighted by molar-refractivity contribution is 7.45. The molecule has 0 aromatic heterocycles. The molecule has 0 heterocycles. The molecule has 0 radical (unpaired) electrons. The van der Waals surface area contributed by atoms with Crippen molar-refractivity contribution in [2.45, 2.75) is 64.5 Å². The Labute approximate surface area is 182 Å². The van der Waals surface area contributed by atoms with Crippen LogP contribution < -0.4 is 10.2 Å². The van der Waals surface area contributed by atoms with Gasteiger partial charge in [0.05, 0.1) is 39.9 Å². The van der Waals surface area contributed by atoms with Crippen molar-refractivity contribution in [3.63, 3.8) is 0 Å². The van der Waals surface area contributed by atoms with Crippen LogP contribution in [0.1, 0.15) is 52.4 Å². The average Bonchev–Trinajstić information content (AvgIpc) is 2.65. The Balaban J connectivity index is 4.63. The molecule has 0 fully saturated rings. The maximum absolute atomic E-state index is 12.0. The quantitative estimate of drug-likeness (QED) is 0.153. The van der Waals surface area contributed by atoms with Crippen molar-refractivity contribution in [3.8, 4) is 0 Å². The van der Waals surface area contributed by atoms with Gasteiger partial charge in [-0.05, 0) is 19.3 Å². The zero-order valence-corrected chi connectivity index (χ0v) is 20.1. The molecule has 9 heteroatoms. The average molecular weight is 449 g/mol. The summed E-state index contributed by atoms with van der Waals surface area (Å²) < 4.78 is 22.3. The first-order valence-corrected chi connectivity index (χ1v) is 12.2. The molecular weight excluding hydrogens is 407 g/mol. The summed E-state index contributed by atoms with van der Waals surface area (Å²) in [7, 11) is 1.22. The third-order valence-corrected chi connectivity index (χ3v) is 5.19. The van der Waals surface area contributed by atoms with Gasteiger partial charge in [-0.1, -0.05) is 51.0 Å². The molecule has 0 rings (SSSR count). The van der Waals surface area contributed by atoms with E-state index in [0.29, 0.717) is 11.0 Å². The number of allylic oxidation sites excluding steroid dienone is 3. The number of aliphatic hydroxyl groups is 1. The number of phosphoric ester groups is 1. The second-order valence-electron chi connectivity index (χ2n) is 8.23. The van der Waals surface area contributed by atoms with Gasteiger partial charge >= 0.3 is 0 Å². The molecule has 0 saturated carbocycles. The Kier molecular flexibility index (Phi) is 15.2. The summed E-state index contributed by atoms with van der Waals surface area (Å²) in [6.45, 7) is 3.90. The number of nitrogens with zero attached hydrogens (tertiary/aromatic N) is 1. The molecule has 8 nitrogen and oxygen atoms in total. The monoisotopic (exact) mass is 448 g/mol. The molecule has 0 saturated heterocycles. The van der Waals surface area contributed by atoms with Crippen LogP contribution in [-0.4, -0.2) is 68.5 Å². The van der Waals surface area contributed by atoms with Gasteiger partial charge < -0.3 is 28.8 Å². The van der Waals surface area contributed by atoms with E-state index >= 15 is 0 Å². The molecule has 0 aromatic carbocycles. The number of amides is 1. The highest BCUT2D eigenvalue weighted by atomic mass is 31.2. The van der Waals surface area contributed by atoms with Crippen LogP contribution in [0.25, 0.3) is 0 Å². The lowest BCUT2D eigenvalue weighted by molar-refractivity contribution is -0.870. The molecule has 1 amide bonds. The maximum atomic E-state index is 12.0. The van der Waals surface area contributed by atoms with E-state index in [1.807, 2.05) is 27.2 Å². The van der Waals surface area contributed by atoms with Crippen LogP contribution in [0.15, 0.2) is 24.3 Å². The molecular formula is C21H41N2O6P. The van der Waals surface area contributed by atoms with Gasteiger partial charge in [0.2, 0.25) is 5.91 Å². The zero-order valence-electron chi connectivity index (χ0n) is 19.2. The third kappa shape index (κ3) is 16.7. The molecule has 3 unspecified atom stereocenters. The van der Waals surface area contributed by atoms with E-state index in [4.69, 9.17) is 9.05 Å². The number of quaternary nitrogens is 1. The number of hydrogen-bond donors (Lipinski definition) is 2. The standard InChI is InChI=1S/C21H41N2O6P/c1-6-8-9-10-11-12-13-14-15-20(24)19(22-21(25)7-2)18-29-30(26,27)28-17-16-23(3,4)5/h10-11,14-15,19-20,24H,6-9,12-13,16-18H2,1-5H3,(H-,22,25,26,27)/b11-10+,15-14+. The van der Waals surface area contributed by atoms with Gasteiger partial charge in [0, 0.05) is 6.42 Å². The van der Waals surface area contributed by atoms with Crippen molar-refractivity contribution >= 4 is 13.7 Å². The molecule has 0 aliphatic heterocycles. The van der Waals surface area contributed by atoms with E-state index in [1.165, 1.54) is 12.8 Å². The fourth-order valence-electron chi connectivity index (χ4n) is 2.29. The van der Waals surface area contributed by atoms with Crippen LogP contribution in [0.4, 0.5) is 0 Å². The molecule has 0 spiro atoms. The van der Waals surface area contributed by atoms with Crippen molar-refractivity contribution in [3.05, 3.63) is 24.3 Å². The van der Waals surface area contributed by atoms with Crippen LogP contribution in [0.3, 0.4) is 0 Å². The van der Waals surface area contributed by atoms with Gasteiger partial charge in [0.15, 0.2) is 0 Å². The topological polar surface area (TPSA) is 108 Å². The van der Waals surface area contributed by atoms with Gasteiger partial charge in [-0.3, -0.25) is 9.36 Å². The number of carbonyl (C=O) groups excluding carboxylic acids is 1. The molecule has 3 atom stereocenters. The summed E-state index contributed by atoms with van der Waals surface area (Å²) in [6, 6.07) is -0.891. The van der Waals surface area contributed by atoms with E-state index in [1.54, 1.807) is 13.0 Å². The Morgan fingerprint density at radius 3 is 2.37 bits per heavy atom. The van der Waals surface area contributed by atoms with Gasteiger partial charge in [-0.15, -0.1) is 0 Å². The van der Waals surface area contributed by atoms with Crippen molar-refractivity contribution in [2.75, 3.05) is 40.9 Å². The Morgan fingerprint density at radius 2 is 1.77 bits per heavy atom. The van der Waals surface area contributed by atoms with Gasteiger partial charge in [-0.25, -0.2) is 0 Å². The lowest BCUT2D eigenvalue weighted by atomic mass is 10.1. The highest BCUT2D eigenvalue weighted by Crippen LogP contribution is 2.38. The SMILES string of the molecule is CCCC/C=C/CC/C=C/C(O)C(COP(=O)([O-])OCC[N+](C)(C)C)NC(=O)CC. The number of phosphoric acid groups is 1. The molecule has 2 N–H and O–H groups in total. The molecule has 0 aliphatic rings. The van der Waals surface area contributed by atoms with Gasteiger partial charge in [0.25, 0.3) is 7.82 Å². The summed E-state index contributed by atoms with van der Waals surface area (Å²) in [5.41, 5.74) is 0. The smallest absolute Gasteiger partial charge is 0.268 e. The van der Waals surface area contributed by atoms with Crippen LogP contribution in [0, 0.1) is 0 Å². The van der Waals surface area contributed by atoms with E-state index in [2.05, 4.69) is 24.4 Å². The number of hydrogen-bond acceptors (Lipinski definition) is 6. The lowest BCUT2D eigenvalue weighted by Crippen LogP contribution is -2.45. The first kappa shape index (κ1) is 29.0. The summed E-state index contributed by atoms with van der Waals surface area (Å²) in [5, 5.41) is 13.0. The van der Waals surface area contributed by atoms with E-state index < -0.39 is 26.6 Å². The minimum atomic E-state index is -4.53. The van der Waals surface area contributed by atoms with E-state index in [0.717, 1.165) is 19.3 Å². The van der Waals surface area contributed by atoms with Crippen LogP contribution in [0.2, 0.25) is 0 Å². The van der Waals surface area contributed by atoms with Crippen LogP contribution in [-0.2, 0) is 18.4 Å². The second-order valence-corrected chi connectivity index (χ2v) is 9.64. The second kappa shape index (κ2) is 15.7. The normalized spacial score (nSPS) is 16.6. The number of rotatable bonds is 17. The van der Waals surface area contributed by atoms with Crippen LogP contribution >= 0.6 is 7.82 Å². The number of unbranched alkanes of at least 4 members (excludes halogenated alkanes) is 3. The van der Waals surface area contributed by atoms with Gasteiger partial charge in [-0.2, -0.15) is 0 Å². The summed E-state index contributed by atoms with van der Waals surface area (Å²) >= 11 is 0. The largest absolute Gasteiger partial charge is 0.756 e. The molecule has 176 valence electrons. The van der Waals surface area contributed by atoms with Gasteiger partial charge in [0.1, 0.15) is 13.2 Å². The third-order valence-electron chi connectivity index (χ3n) is 4.23. The van der Waals surface area contributed by atoms with Crippen molar-refractivity contribution < 1.29 is 32.9 Å². The first-order chi connectivity index (χ1) is 14.0. The van der Waals surface area contributed by atoms with Crippen molar-refractivity contribution in [1.82, 2.24) is 5.32 Å². The van der Waals surface area contributed by atoms with Crippen LogP contribution in [0.5, 0.6) is 0 Å². The zero-order chi connectivity index (χ0) is 23.0. The summed E-state index contributed by atoms with van der Waals surface area (Å²) in [5.74, 6) is -0.304. The number of likely N-dealkylation sites (N-methyl/N-ethyl adjacent to an activating group) is 1. The maximum Gasteiger partial charge on any atom is 0.268 e. The molecule has 0 aliphatic carbocycles. The number of nitrogens with one attached hydrogen (secondary N) is 1. The molecule has 0 aromatic rings. The van der Waals surface area contributed by atoms with Crippen molar-refractivity contribution in [2.24, 2.45) is 0 Å². The molecule has 30 heavy (non-hydrogen) atoms. The minimum absolute atomic E-state index is 0.00943. The Hall–Kier alpha value is -1.02. The summed E-state index contributed by atoms with van der Waals surface area (Å²) in [4.78, 5) is 23.7. The predicted octanol–water partition coefficient (Wildman–Crippen LogP) is 2.53. The van der Waals surface area contributed by atoms with Crippen molar-refractivity contribution in [1.29, 1.82) is 0 Å². The number of carbonyl (C=O) groups is 1. The predicted molar refractivity (Wildman–Crippen MR) is 118 cm³/mol. The Morgan fingerprint density at radius 1 is 1.13 bits per heavy atom. The van der Waals surface area contributed by atoms with E-state index in [-0.39, 0.29) is 18.9 Å². The van der Waals surface area contributed by atoms with E-state index in [9.17, 15) is 19.4 Å². The minimum Gasteiger partial charge on any atom is -0.756 e. The lowest BCUT2D eigenvalue weighted by Gasteiger charge is -2.29.